The minimum atomic E-state index is -0.0758. The fourth-order valence-electron chi connectivity index (χ4n) is 1.63. The first-order valence-electron chi connectivity index (χ1n) is 4.81. The number of nitrogens with two attached hydrogens (primary N) is 1. The second-order valence-electron chi connectivity index (χ2n) is 4.24. The molecule has 2 rings (SSSR count). The van der Waals surface area contributed by atoms with E-state index in [4.69, 9.17) is 10.3 Å². The number of hydrogen-bond donors (Lipinski definition) is 1. The molecule has 0 radical (unpaired) electrons. The second-order valence-corrected chi connectivity index (χ2v) is 4.99. The zero-order chi connectivity index (χ0) is 11.1. The third-order valence-corrected chi connectivity index (χ3v) is 3.24. The molecule has 15 heavy (non-hydrogen) atoms. The Morgan fingerprint density at radius 2 is 2.20 bits per heavy atom. The Morgan fingerprint density at radius 3 is 2.87 bits per heavy atom. The van der Waals surface area contributed by atoms with Gasteiger partial charge in [0.05, 0.1) is 5.39 Å². The molecule has 1 aromatic carbocycles. The minimum Gasteiger partial charge on any atom is -0.355 e. The van der Waals surface area contributed by atoms with Crippen molar-refractivity contribution >= 4 is 26.9 Å². The molecule has 0 atom stereocenters. The smallest absolute Gasteiger partial charge is 0.168 e. The summed E-state index contributed by atoms with van der Waals surface area (Å²) in [4.78, 5) is 0. The van der Waals surface area contributed by atoms with E-state index in [2.05, 4.69) is 41.0 Å². The molecule has 2 N–H and O–H groups in total. The van der Waals surface area contributed by atoms with Crippen molar-refractivity contribution in [3.05, 3.63) is 28.4 Å². The van der Waals surface area contributed by atoms with Gasteiger partial charge >= 0.3 is 0 Å². The van der Waals surface area contributed by atoms with Crippen LogP contribution in [0.15, 0.2) is 27.3 Å². The van der Waals surface area contributed by atoms with Crippen molar-refractivity contribution in [1.29, 1.82) is 0 Å². The Labute approximate surface area is 96.7 Å². The van der Waals surface area contributed by atoms with Gasteiger partial charge in [0.1, 0.15) is 0 Å². The van der Waals surface area contributed by atoms with E-state index < -0.39 is 0 Å². The summed E-state index contributed by atoms with van der Waals surface area (Å²) in [5.41, 5.74) is 7.66. The molecule has 0 unspecified atom stereocenters. The molecular formula is C11H13BrN2O. The van der Waals surface area contributed by atoms with Gasteiger partial charge in [0.2, 0.25) is 0 Å². The summed E-state index contributed by atoms with van der Waals surface area (Å²) in [6.07, 6.45) is 0. The molecule has 2 aromatic rings. The van der Waals surface area contributed by atoms with Crippen LogP contribution in [0, 0.1) is 0 Å². The molecule has 0 saturated heterocycles. The van der Waals surface area contributed by atoms with Crippen LogP contribution in [0.1, 0.15) is 19.4 Å². The second kappa shape index (κ2) is 3.61. The molecule has 4 heteroatoms. The van der Waals surface area contributed by atoms with Crippen molar-refractivity contribution in [2.75, 3.05) is 6.54 Å². The Morgan fingerprint density at radius 1 is 1.47 bits per heavy atom. The fraction of sp³-hybridized carbons (Fsp3) is 0.364. The Hall–Kier alpha value is -0.870. The Balaban J connectivity index is 2.75. The first-order chi connectivity index (χ1) is 7.06. The number of halogens is 1. The maximum absolute atomic E-state index is 5.78. The highest BCUT2D eigenvalue weighted by molar-refractivity contribution is 9.10. The quantitative estimate of drug-likeness (QED) is 0.912. The number of fused-ring (bicyclic) bond motifs is 1. The summed E-state index contributed by atoms with van der Waals surface area (Å²) in [5.74, 6) is 0. The van der Waals surface area contributed by atoms with Crippen LogP contribution in [-0.4, -0.2) is 11.7 Å². The Kier molecular flexibility index (Phi) is 2.56. The first-order valence-corrected chi connectivity index (χ1v) is 5.60. The molecule has 3 nitrogen and oxygen atoms in total. The predicted octanol–water partition coefficient (Wildman–Crippen LogP) is 2.83. The van der Waals surface area contributed by atoms with Crippen molar-refractivity contribution in [3.63, 3.8) is 0 Å². The monoisotopic (exact) mass is 268 g/mol. The highest BCUT2D eigenvalue weighted by Gasteiger charge is 2.23. The topological polar surface area (TPSA) is 52.0 Å². The lowest BCUT2D eigenvalue weighted by molar-refractivity contribution is 0.451. The predicted molar refractivity (Wildman–Crippen MR) is 63.8 cm³/mol. The van der Waals surface area contributed by atoms with Crippen LogP contribution in [0.4, 0.5) is 0 Å². The summed E-state index contributed by atoms with van der Waals surface area (Å²) >= 11 is 3.39. The van der Waals surface area contributed by atoms with Crippen molar-refractivity contribution in [2.24, 2.45) is 5.73 Å². The van der Waals surface area contributed by atoms with Gasteiger partial charge in [-0.1, -0.05) is 31.1 Å². The van der Waals surface area contributed by atoms with Crippen molar-refractivity contribution in [2.45, 2.75) is 19.3 Å². The van der Waals surface area contributed by atoms with E-state index in [1.54, 1.807) is 0 Å². The molecule has 0 amide bonds. The van der Waals surface area contributed by atoms with Gasteiger partial charge in [0.15, 0.2) is 10.2 Å². The lowest BCUT2D eigenvalue weighted by Gasteiger charge is -2.23. The summed E-state index contributed by atoms with van der Waals surface area (Å²) in [6.45, 7) is 4.81. The molecule has 1 aromatic heterocycles. The summed E-state index contributed by atoms with van der Waals surface area (Å²) in [6, 6.07) is 5.94. The van der Waals surface area contributed by atoms with Gasteiger partial charge in [-0.3, -0.25) is 0 Å². The van der Waals surface area contributed by atoms with Gasteiger partial charge in [0.25, 0.3) is 0 Å². The number of rotatable bonds is 2. The van der Waals surface area contributed by atoms with Crippen LogP contribution in [-0.2, 0) is 5.41 Å². The van der Waals surface area contributed by atoms with Gasteiger partial charge in [-0.2, -0.15) is 0 Å². The van der Waals surface area contributed by atoms with Crippen LogP contribution in [0.2, 0.25) is 0 Å². The number of aromatic nitrogens is 1. The largest absolute Gasteiger partial charge is 0.355 e. The average molecular weight is 269 g/mol. The molecule has 1 heterocycles. The number of benzene rings is 1. The molecule has 0 aliphatic heterocycles. The number of nitrogens with zero attached hydrogens (tertiary/aromatic N) is 1. The first kappa shape index (κ1) is 10.6. The summed E-state index contributed by atoms with van der Waals surface area (Å²) < 4.78 is 5.94. The summed E-state index contributed by atoms with van der Waals surface area (Å²) in [7, 11) is 0. The highest BCUT2D eigenvalue weighted by Crippen LogP contribution is 2.33. The zero-order valence-electron chi connectivity index (χ0n) is 8.75. The normalized spacial score (nSPS) is 12.3. The molecule has 0 saturated carbocycles. The molecule has 80 valence electrons. The minimum absolute atomic E-state index is 0.0758. The molecule has 0 bridgehead atoms. The van der Waals surface area contributed by atoms with E-state index in [-0.39, 0.29) is 5.41 Å². The van der Waals surface area contributed by atoms with Gasteiger partial charge < -0.3 is 10.3 Å². The lowest BCUT2D eigenvalue weighted by Crippen LogP contribution is -2.28. The molecule has 0 aliphatic carbocycles. The third-order valence-electron chi connectivity index (χ3n) is 2.70. The van der Waals surface area contributed by atoms with Crippen LogP contribution < -0.4 is 5.73 Å². The van der Waals surface area contributed by atoms with Crippen molar-refractivity contribution in [3.8, 4) is 0 Å². The fourth-order valence-corrected chi connectivity index (χ4v) is 2.11. The van der Waals surface area contributed by atoms with E-state index in [0.717, 1.165) is 21.1 Å². The molecular weight excluding hydrogens is 256 g/mol. The Bertz CT molecular complexity index is 490. The van der Waals surface area contributed by atoms with Crippen LogP contribution in [0.5, 0.6) is 0 Å². The summed E-state index contributed by atoms with van der Waals surface area (Å²) in [5, 5.41) is 4.93. The third kappa shape index (κ3) is 1.68. The lowest BCUT2D eigenvalue weighted by atomic mass is 9.83. The zero-order valence-corrected chi connectivity index (χ0v) is 10.3. The van der Waals surface area contributed by atoms with Gasteiger partial charge in [0, 0.05) is 12.0 Å². The van der Waals surface area contributed by atoms with Gasteiger partial charge in [-0.25, -0.2) is 0 Å². The average Bonchev–Trinajstić information content (AvgIpc) is 2.60. The molecule has 0 fully saturated rings. The molecule has 0 aliphatic rings. The standard InChI is InChI=1S/C11H13BrN2O/c1-11(2,6-13)7-4-3-5-8-9(7)10(12)14-15-8/h3-5H,6,13H2,1-2H3. The van der Waals surface area contributed by atoms with E-state index in [1.807, 2.05) is 12.1 Å². The van der Waals surface area contributed by atoms with Crippen LogP contribution >= 0.6 is 15.9 Å². The van der Waals surface area contributed by atoms with E-state index >= 15 is 0 Å². The SMILES string of the molecule is CC(C)(CN)c1cccc2onc(Br)c12. The highest BCUT2D eigenvalue weighted by atomic mass is 79.9. The van der Waals surface area contributed by atoms with Crippen LogP contribution in [0.25, 0.3) is 11.0 Å². The number of hydrogen-bond acceptors (Lipinski definition) is 3. The van der Waals surface area contributed by atoms with Crippen molar-refractivity contribution in [1.82, 2.24) is 5.16 Å². The van der Waals surface area contributed by atoms with Crippen LogP contribution in [0.3, 0.4) is 0 Å². The van der Waals surface area contributed by atoms with E-state index in [1.165, 1.54) is 0 Å². The maximum Gasteiger partial charge on any atom is 0.168 e. The van der Waals surface area contributed by atoms with Gasteiger partial charge in [-0.15, -0.1) is 0 Å². The van der Waals surface area contributed by atoms with E-state index in [9.17, 15) is 0 Å². The van der Waals surface area contributed by atoms with Crippen molar-refractivity contribution < 1.29 is 4.52 Å². The molecule has 0 spiro atoms. The van der Waals surface area contributed by atoms with Gasteiger partial charge in [-0.05, 0) is 27.6 Å². The maximum atomic E-state index is 5.78. The van der Waals surface area contributed by atoms with E-state index in [0.29, 0.717) is 6.54 Å².